The minimum absolute atomic E-state index is 0.00480. The Balaban J connectivity index is 1.43. The second kappa shape index (κ2) is 10.1. The van der Waals surface area contributed by atoms with Crippen molar-refractivity contribution >= 4 is 18.0 Å². The third-order valence-corrected chi connectivity index (χ3v) is 7.04. The number of amides is 2. The molecule has 4 rings (SSSR count). The van der Waals surface area contributed by atoms with Crippen LogP contribution in [0.15, 0.2) is 48.5 Å². The van der Waals surface area contributed by atoms with Crippen LogP contribution in [0.1, 0.15) is 44.2 Å². The highest BCUT2D eigenvalue weighted by Crippen LogP contribution is 2.44. The first-order valence-electron chi connectivity index (χ1n) is 12.0. The van der Waals surface area contributed by atoms with Gasteiger partial charge in [0, 0.05) is 25.0 Å². The molecule has 2 aromatic carbocycles. The fraction of sp³-hybridized carbons (Fsp3) is 0.444. The summed E-state index contributed by atoms with van der Waals surface area (Å²) in [6.45, 7) is 5.68. The quantitative estimate of drug-likeness (QED) is 0.533. The van der Waals surface area contributed by atoms with Gasteiger partial charge in [-0.05, 0) is 35.1 Å². The maximum Gasteiger partial charge on any atom is 0.408 e. The van der Waals surface area contributed by atoms with Gasteiger partial charge in [0.2, 0.25) is 5.91 Å². The summed E-state index contributed by atoms with van der Waals surface area (Å²) in [5.74, 6) is -2.47. The molecule has 1 aliphatic carbocycles. The highest BCUT2D eigenvalue weighted by molar-refractivity contribution is 5.91. The number of rotatable bonds is 8. The zero-order chi connectivity index (χ0) is 25.2. The number of aliphatic carboxylic acids is 1. The molecule has 2 aromatic rings. The van der Waals surface area contributed by atoms with Gasteiger partial charge in [-0.3, -0.25) is 9.59 Å². The number of hydrogen-bond acceptors (Lipinski definition) is 5. The van der Waals surface area contributed by atoms with Gasteiger partial charge in [-0.15, -0.1) is 0 Å². The van der Waals surface area contributed by atoms with Crippen molar-refractivity contribution in [2.75, 3.05) is 19.8 Å². The maximum absolute atomic E-state index is 13.2. The largest absolute Gasteiger partial charge is 0.481 e. The van der Waals surface area contributed by atoms with Crippen LogP contribution >= 0.6 is 0 Å². The van der Waals surface area contributed by atoms with Crippen molar-refractivity contribution < 1.29 is 29.0 Å². The van der Waals surface area contributed by atoms with Crippen molar-refractivity contribution in [2.45, 2.75) is 44.7 Å². The summed E-state index contributed by atoms with van der Waals surface area (Å²) >= 11 is 0. The molecule has 8 nitrogen and oxygen atoms in total. The number of carboxylic acids is 1. The van der Waals surface area contributed by atoms with Crippen molar-refractivity contribution in [1.82, 2.24) is 10.6 Å². The van der Waals surface area contributed by atoms with Crippen molar-refractivity contribution in [3.05, 3.63) is 59.7 Å². The van der Waals surface area contributed by atoms with Gasteiger partial charge in [0.15, 0.2) is 0 Å². The number of hydrogen-bond donors (Lipinski definition) is 3. The summed E-state index contributed by atoms with van der Waals surface area (Å²) in [6.07, 6.45) is -0.436. The Hall–Kier alpha value is -3.39. The van der Waals surface area contributed by atoms with E-state index in [9.17, 15) is 19.5 Å². The molecule has 8 heteroatoms. The zero-order valence-corrected chi connectivity index (χ0v) is 20.2. The Labute approximate surface area is 205 Å². The molecule has 0 saturated carbocycles. The molecule has 2 amide bonds. The molecule has 3 unspecified atom stereocenters. The molecule has 3 N–H and O–H groups in total. The van der Waals surface area contributed by atoms with Gasteiger partial charge in [0.25, 0.3) is 0 Å². The highest BCUT2D eigenvalue weighted by Gasteiger charge is 2.45. The lowest BCUT2D eigenvalue weighted by atomic mass is 9.88. The number of carboxylic acid groups (broad SMARTS) is 1. The molecular weight excluding hydrogens is 448 g/mol. The van der Waals surface area contributed by atoms with E-state index < -0.39 is 35.5 Å². The van der Waals surface area contributed by atoms with E-state index in [4.69, 9.17) is 9.47 Å². The molecule has 1 aliphatic heterocycles. The Bertz CT molecular complexity index is 1060. The van der Waals surface area contributed by atoms with E-state index in [1.54, 1.807) is 20.8 Å². The number of carbonyl (C=O) groups is 3. The lowest BCUT2D eigenvalue weighted by molar-refractivity contribution is -0.144. The van der Waals surface area contributed by atoms with Crippen LogP contribution in [-0.4, -0.2) is 54.5 Å². The van der Waals surface area contributed by atoms with Crippen molar-refractivity contribution in [2.24, 2.45) is 11.8 Å². The summed E-state index contributed by atoms with van der Waals surface area (Å²) in [7, 11) is 0. The number of benzene rings is 2. The van der Waals surface area contributed by atoms with E-state index in [0.717, 1.165) is 22.3 Å². The molecule has 0 aromatic heterocycles. The monoisotopic (exact) mass is 480 g/mol. The first-order valence-corrected chi connectivity index (χ1v) is 12.0. The molecule has 0 spiro atoms. The smallest absolute Gasteiger partial charge is 0.408 e. The van der Waals surface area contributed by atoms with Crippen LogP contribution in [0.25, 0.3) is 11.1 Å². The molecule has 1 fully saturated rings. The van der Waals surface area contributed by atoms with Gasteiger partial charge in [0.1, 0.15) is 12.1 Å². The first kappa shape index (κ1) is 24.7. The van der Waals surface area contributed by atoms with Crippen LogP contribution in [0.4, 0.5) is 4.79 Å². The highest BCUT2D eigenvalue weighted by atomic mass is 16.6. The van der Waals surface area contributed by atoms with Crippen molar-refractivity contribution in [1.29, 1.82) is 0 Å². The first-order chi connectivity index (χ1) is 16.7. The van der Waals surface area contributed by atoms with Crippen LogP contribution in [0, 0.1) is 11.8 Å². The van der Waals surface area contributed by atoms with Gasteiger partial charge in [-0.1, -0.05) is 62.4 Å². The number of nitrogens with one attached hydrogen (secondary N) is 2. The third kappa shape index (κ3) is 4.89. The van der Waals surface area contributed by atoms with Crippen LogP contribution in [0.3, 0.4) is 0 Å². The average molecular weight is 481 g/mol. The summed E-state index contributed by atoms with van der Waals surface area (Å²) in [6, 6.07) is 15.5. The number of carbonyl (C=O) groups excluding carboxylic acids is 2. The normalized spacial score (nSPS) is 20.6. The minimum atomic E-state index is -1.31. The van der Waals surface area contributed by atoms with Crippen molar-refractivity contribution in [3.8, 4) is 11.1 Å². The molecule has 1 saturated heterocycles. The van der Waals surface area contributed by atoms with Crippen molar-refractivity contribution in [3.63, 3.8) is 0 Å². The molecular formula is C27H32N2O6. The van der Waals surface area contributed by atoms with E-state index in [0.29, 0.717) is 6.61 Å². The Morgan fingerprint density at radius 3 is 2.17 bits per heavy atom. The lowest BCUT2D eigenvalue weighted by Crippen LogP contribution is -2.62. The van der Waals surface area contributed by atoms with Gasteiger partial charge < -0.3 is 25.2 Å². The van der Waals surface area contributed by atoms with Gasteiger partial charge >= 0.3 is 12.1 Å². The molecule has 1 heterocycles. The fourth-order valence-corrected chi connectivity index (χ4v) is 5.24. The Kier molecular flexibility index (Phi) is 7.12. The van der Waals surface area contributed by atoms with Crippen LogP contribution in [-0.2, 0) is 19.1 Å². The zero-order valence-electron chi connectivity index (χ0n) is 20.2. The summed E-state index contributed by atoms with van der Waals surface area (Å²) in [5.41, 5.74) is 3.14. The topological polar surface area (TPSA) is 114 Å². The summed E-state index contributed by atoms with van der Waals surface area (Å²) < 4.78 is 11.1. The van der Waals surface area contributed by atoms with E-state index in [1.165, 1.54) is 0 Å². The molecule has 3 atom stereocenters. The second-order valence-electron chi connectivity index (χ2n) is 9.71. The van der Waals surface area contributed by atoms with Crippen LogP contribution in [0.2, 0.25) is 0 Å². The number of fused-ring (bicyclic) bond motifs is 3. The molecule has 35 heavy (non-hydrogen) atoms. The van der Waals surface area contributed by atoms with Gasteiger partial charge in [0.05, 0.1) is 12.5 Å². The predicted octanol–water partition coefficient (Wildman–Crippen LogP) is 3.55. The Morgan fingerprint density at radius 2 is 1.66 bits per heavy atom. The van der Waals surface area contributed by atoms with E-state index in [1.807, 2.05) is 36.4 Å². The lowest BCUT2D eigenvalue weighted by Gasteiger charge is -2.31. The molecule has 0 bridgehead atoms. The average Bonchev–Trinajstić information content (AvgIpc) is 3.41. The van der Waals surface area contributed by atoms with Gasteiger partial charge in [-0.25, -0.2) is 4.79 Å². The van der Waals surface area contributed by atoms with E-state index in [2.05, 4.69) is 22.8 Å². The second-order valence-corrected chi connectivity index (χ2v) is 9.71. The third-order valence-electron chi connectivity index (χ3n) is 7.04. The predicted molar refractivity (Wildman–Crippen MR) is 130 cm³/mol. The van der Waals surface area contributed by atoms with E-state index >= 15 is 0 Å². The SMILES string of the molecule is CC(C)C(C(=O)O)C(C)NC(=O)C1(NC(=O)OCC2c3ccccc3-c3ccccc32)CCOC1. The molecule has 2 aliphatic rings. The Morgan fingerprint density at radius 1 is 1.06 bits per heavy atom. The number of ether oxygens (including phenoxy) is 2. The van der Waals surface area contributed by atoms with E-state index in [-0.39, 0.29) is 31.5 Å². The number of alkyl carbamates (subject to hydrolysis) is 1. The molecule has 0 radical (unpaired) electrons. The molecule has 186 valence electrons. The fourth-order valence-electron chi connectivity index (χ4n) is 5.24. The van der Waals surface area contributed by atoms with Crippen LogP contribution in [0.5, 0.6) is 0 Å². The summed E-state index contributed by atoms with van der Waals surface area (Å²) in [5, 5.41) is 15.1. The minimum Gasteiger partial charge on any atom is -0.481 e. The maximum atomic E-state index is 13.2. The summed E-state index contributed by atoms with van der Waals surface area (Å²) in [4.78, 5) is 37.7. The standard InChI is InChI=1S/C27H32N2O6/c1-16(2)23(24(30)31)17(3)28-25(32)27(12-13-34-15-27)29-26(33)35-14-22-20-10-6-4-8-18(20)19-9-5-7-11-21(19)22/h4-11,16-17,22-23H,12-15H2,1-3H3,(H,28,32)(H,29,33)(H,30,31). The van der Waals surface area contributed by atoms with Crippen LogP contribution < -0.4 is 10.6 Å². The van der Waals surface area contributed by atoms with Gasteiger partial charge in [-0.2, -0.15) is 0 Å².